The Morgan fingerprint density at radius 1 is 1.10 bits per heavy atom. The first-order chi connectivity index (χ1) is 9.52. The van der Waals surface area contributed by atoms with Gasteiger partial charge in [-0.1, -0.05) is 12.1 Å². The lowest BCUT2D eigenvalue weighted by Gasteiger charge is -2.60. The van der Waals surface area contributed by atoms with Crippen LogP contribution in [-0.4, -0.2) is 13.2 Å². The summed E-state index contributed by atoms with van der Waals surface area (Å²) >= 11 is 1.70. The van der Waals surface area contributed by atoms with E-state index in [2.05, 4.69) is 18.4 Å². The average Bonchev–Trinajstić information content (AvgIpc) is 2.71. The Hall–Kier alpha value is -1.13. The van der Waals surface area contributed by atoms with Gasteiger partial charge in [-0.2, -0.15) is 0 Å². The molecule has 0 unspecified atom stereocenters. The number of thiophene rings is 1. The minimum Gasteiger partial charge on any atom is -0.223 e. The molecule has 0 aliphatic heterocycles. The molecule has 0 saturated heterocycles. The zero-order chi connectivity index (χ0) is 14.0. The number of hydrogen-bond donors (Lipinski definition) is 0. The number of hydrogen-bond acceptors (Lipinski definition) is 3. The third-order valence-electron chi connectivity index (χ3n) is 4.84. The lowest BCUT2D eigenvalue weighted by atomic mass is 9.55. The largest absolute Gasteiger partial charge is 0.223 e. The lowest BCUT2D eigenvalue weighted by molar-refractivity contribution is 0.0483. The third-order valence-corrected chi connectivity index (χ3v) is 8.44. The molecule has 3 saturated carbocycles. The maximum Gasteiger partial charge on any atom is 0.184 e. The van der Waals surface area contributed by atoms with Crippen LogP contribution < -0.4 is 0 Å². The molecule has 3 aliphatic rings. The van der Waals surface area contributed by atoms with Crippen LogP contribution in [0.4, 0.5) is 0 Å². The maximum atomic E-state index is 12.6. The number of rotatable bonds is 3. The summed E-state index contributed by atoms with van der Waals surface area (Å²) in [5, 5.41) is 2.07. The maximum absolute atomic E-state index is 12.6. The fourth-order valence-corrected chi connectivity index (χ4v) is 6.73. The fourth-order valence-electron chi connectivity index (χ4n) is 3.43. The molecule has 0 N–H and O–H groups in total. The van der Waals surface area contributed by atoms with Gasteiger partial charge in [0, 0.05) is 4.88 Å². The molecular weight excluding hydrogens is 288 g/mol. The number of aryl methyl sites for hydroxylation is 1. The molecule has 3 aliphatic carbocycles. The van der Waals surface area contributed by atoms with E-state index in [0.717, 1.165) is 24.8 Å². The van der Waals surface area contributed by atoms with Crippen LogP contribution in [0.2, 0.25) is 0 Å². The summed E-state index contributed by atoms with van der Waals surface area (Å²) in [6, 6.07) is 9.54. The van der Waals surface area contributed by atoms with Crippen molar-refractivity contribution in [3.63, 3.8) is 0 Å². The average molecular weight is 304 g/mol. The van der Waals surface area contributed by atoms with Gasteiger partial charge in [-0.15, -0.1) is 11.3 Å². The van der Waals surface area contributed by atoms with Gasteiger partial charge in [0.2, 0.25) is 0 Å². The first-order valence-electron chi connectivity index (χ1n) is 6.91. The van der Waals surface area contributed by atoms with Crippen molar-refractivity contribution < 1.29 is 8.42 Å². The Labute approximate surface area is 123 Å². The Bertz CT molecular complexity index is 752. The van der Waals surface area contributed by atoms with Gasteiger partial charge in [-0.05, 0) is 66.8 Å². The summed E-state index contributed by atoms with van der Waals surface area (Å²) in [7, 11) is -3.13. The summed E-state index contributed by atoms with van der Waals surface area (Å²) in [6.45, 7) is 2.08. The molecule has 2 nitrogen and oxygen atoms in total. The van der Waals surface area contributed by atoms with E-state index in [1.165, 1.54) is 10.4 Å². The lowest BCUT2D eigenvalue weighted by Crippen LogP contribution is -2.62. The standard InChI is InChI=1S/C16H16O2S2/c1-11-6-7-19-15(11)13-2-4-14(5-3-13)20(17,18)16-8-12(9-16)10-16/h2-7,12H,8-10H2,1H3. The summed E-state index contributed by atoms with van der Waals surface area (Å²) in [4.78, 5) is 1.72. The van der Waals surface area contributed by atoms with Gasteiger partial charge in [0.05, 0.1) is 9.64 Å². The molecule has 20 heavy (non-hydrogen) atoms. The predicted molar refractivity (Wildman–Crippen MR) is 81.7 cm³/mol. The molecule has 0 amide bonds. The van der Waals surface area contributed by atoms with Crippen molar-refractivity contribution in [1.29, 1.82) is 0 Å². The molecule has 1 aromatic carbocycles. The zero-order valence-corrected chi connectivity index (χ0v) is 12.9. The van der Waals surface area contributed by atoms with E-state index in [-0.39, 0.29) is 0 Å². The summed E-state index contributed by atoms with van der Waals surface area (Å²) in [5.41, 5.74) is 2.35. The van der Waals surface area contributed by atoms with Crippen molar-refractivity contribution >= 4 is 21.2 Å². The summed E-state index contributed by atoms with van der Waals surface area (Å²) < 4.78 is 24.9. The van der Waals surface area contributed by atoms with Crippen LogP contribution in [0.25, 0.3) is 10.4 Å². The van der Waals surface area contributed by atoms with Crippen LogP contribution in [-0.2, 0) is 9.84 Å². The Morgan fingerprint density at radius 2 is 1.75 bits per heavy atom. The van der Waals surface area contributed by atoms with E-state index in [1.54, 1.807) is 23.5 Å². The Balaban J connectivity index is 1.70. The molecule has 2 bridgehead atoms. The molecule has 1 aromatic heterocycles. The molecule has 104 valence electrons. The van der Waals surface area contributed by atoms with Crippen molar-refractivity contribution in [3.8, 4) is 10.4 Å². The zero-order valence-electron chi connectivity index (χ0n) is 11.3. The third kappa shape index (κ3) is 1.52. The van der Waals surface area contributed by atoms with Gasteiger partial charge in [-0.3, -0.25) is 0 Å². The van der Waals surface area contributed by atoms with E-state index in [1.807, 2.05) is 12.1 Å². The molecule has 3 fully saturated rings. The molecular formula is C16H16O2S2. The Kier molecular flexibility index (Phi) is 2.49. The van der Waals surface area contributed by atoms with Crippen molar-refractivity contribution in [2.75, 3.05) is 0 Å². The highest BCUT2D eigenvalue weighted by Gasteiger charge is 2.64. The first kappa shape index (κ1) is 12.6. The minimum atomic E-state index is -3.13. The SMILES string of the molecule is Cc1ccsc1-c1ccc(S(=O)(=O)C23CC(C2)C3)cc1. The van der Waals surface area contributed by atoms with E-state index in [0.29, 0.717) is 10.8 Å². The van der Waals surface area contributed by atoms with E-state index in [4.69, 9.17) is 0 Å². The second kappa shape index (κ2) is 3.95. The molecule has 5 rings (SSSR count). The van der Waals surface area contributed by atoms with Gasteiger partial charge < -0.3 is 0 Å². The van der Waals surface area contributed by atoms with Crippen molar-refractivity contribution in [1.82, 2.24) is 0 Å². The van der Waals surface area contributed by atoms with Gasteiger partial charge in [0.25, 0.3) is 0 Å². The van der Waals surface area contributed by atoms with E-state index < -0.39 is 14.6 Å². The monoisotopic (exact) mass is 304 g/mol. The summed E-state index contributed by atoms with van der Waals surface area (Å²) in [5.74, 6) is 0.679. The molecule has 2 aromatic rings. The highest BCUT2D eigenvalue weighted by atomic mass is 32.2. The normalized spacial score (nSPS) is 27.8. The quantitative estimate of drug-likeness (QED) is 0.857. The number of benzene rings is 1. The Morgan fingerprint density at radius 3 is 2.20 bits per heavy atom. The highest BCUT2D eigenvalue weighted by molar-refractivity contribution is 7.93. The minimum absolute atomic E-state index is 0.405. The van der Waals surface area contributed by atoms with Crippen LogP contribution >= 0.6 is 11.3 Å². The van der Waals surface area contributed by atoms with Crippen LogP contribution in [0.15, 0.2) is 40.6 Å². The van der Waals surface area contributed by atoms with Crippen LogP contribution in [0.1, 0.15) is 24.8 Å². The van der Waals surface area contributed by atoms with Crippen molar-refractivity contribution in [2.24, 2.45) is 5.92 Å². The second-order valence-corrected chi connectivity index (χ2v) is 9.38. The molecule has 0 radical (unpaired) electrons. The highest BCUT2D eigenvalue weighted by Crippen LogP contribution is 2.63. The van der Waals surface area contributed by atoms with Crippen molar-refractivity contribution in [3.05, 3.63) is 41.3 Å². The molecule has 0 spiro atoms. The van der Waals surface area contributed by atoms with Crippen molar-refractivity contribution in [2.45, 2.75) is 35.8 Å². The number of sulfone groups is 1. The molecule has 0 atom stereocenters. The summed E-state index contributed by atoms with van der Waals surface area (Å²) in [6.07, 6.45) is 2.63. The van der Waals surface area contributed by atoms with Gasteiger partial charge in [-0.25, -0.2) is 8.42 Å². The van der Waals surface area contributed by atoms with Crippen LogP contribution in [0.3, 0.4) is 0 Å². The molecule has 1 heterocycles. The van der Waals surface area contributed by atoms with Gasteiger partial charge in [0.15, 0.2) is 9.84 Å². The van der Waals surface area contributed by atoms with Gasteiger partial charge in [0.1, 0.15) is 0 Å². The van der Waals surface area contributed by atoms with E-state index in [9.17, 15) is 8.42 Å². The smallest absolute Gasteiger partial charge is 0.184 e. The fraction of sp³-hybridized carbons (Fsp3) is 0.375. The topological polar surface area (TPSA) is 34.1 Å². The molecule has 4 heteroatoms. The second-order valence-electron chi connectivity index (χ2n) is 6.12. The van der Waals surface area contributed by atoms with Gasteiger partial charge >= 0.3 is 0 Å². The predicted octanol–water partition coefficient (Wildman–Crippen LogP) is 4.05. The van der Waals surface area contributed by atoms with E-state index >= 15 is 0 Å². The van der Waals surface area contributed by atoms with Crippen LogP contribution in [0, 0.1) is 12.8 Å². The van der Waals surface area contributed by atoms with Crippen LogP contribution in [0.5, 0.6) is 0 Å². The first-order valence-corrected chi connectivity index (χ1v) is 9.27.